The summed E-state index contributed by atoms with van der Waals surface area (Å²) in [4.78, 5) is 80.8. The van der Waals surface area contributed by atoms with E-state index in [2.05, 4.69) is 60.0 Å². The number of allylic oxidation sites excluding steroid dienone is 1. The molecule has 5 aromatic carbocycles. The molecule has 3 aliphatic heterocycles. The number of thiazole rings is 1. The lowest BCUT2D eigenvalue weighted by Gasteiger charge is -2.41. The van der Waals surface area contributed by atoms with Crippen molar-refractivity contribution in [3.8, 4) is 10.4 Å². The summed E-state index contributed by atoms with van der Waals surface area (Å²) in [6.45, 7) is 18.4. The summed E-state index contributed by atoms with van der Waals surface area (Å²) in [5.41, 5.74) is 1.98. The van der Waals surface area contributed by atoms with Gasteiger partial charge in [0.15, 0.2) is 0 Å². The summed E-state index contributed by atoms with van der Waals surface area (Å²) in [5.74, 6) is -1.76. The normalized spacial score (nSPS) is 19.3. The second kappa shape index (κ2) is 37.7. The molecule has 4 heterocycles. The van der Waals surface area contributed by atoms with Gasteiger partial charge in [-0.05, 0) is 152 Å². The van der Waals surface area contributed by atoms with E-state index >= 15 is 0 Å². The quantitative estimate of drug-likeness (QED) is 0.0165. The number of ether oxygens (including phenoxy) is 1. The lowest BCUT2D eigenvalue weighted by Crippen LogP contribution is -2.57. The molecule has 109 heavy (non-hydrogen) atoms. The number of alkyl halides is 3. The van der Waals surface area contributed by atoms with Crippen LogP contribution in [0.3, 0.4) is 0 Å². The summed E-state index contributed by atoms with van der Waals surface area (Å²) >= 11 is 9.36. The third-order valence-corrected chi connectivity index (χ3v) is 26.1. The number of aliphatic hydroxyl groups is 1. The Morgan fingerprint density at radius 1 is 0.789 bits per heavy atom. The first-order chi connectivity index (χ1) is 51.8. The van der Waals surface area contributed by atoms with Gasteiger partial charge in [0, 0.05) is 118 Å². The van der Waals surface area contributed by atoms with E-state index in [9.17, 15) is 59.1 Å². The van der Waals surface area contributed by atoms with Gasteiger partial charge in [0.05, 0.1) is 52.0 Å². The maximum Gasteiger partial charge on any atom is 0.501 e. The fourth-order valence-corrected chi connectivity index (χ4v) is 18.4. The Hall–Kier alpha value is -7.41. The number of anilines is 2. The van der Waals surface area contributed by atoms with Crippen molar-refractivity contribution in [2.75, 3.05) is 94.6 Å². The van der Waals surface area contributed by atoms with E-state index in [1.54, 1.807) is 23.5 Å². The number of benzene rings is 5. The first-order valence-electron chi connectivity index (χ1n) is 37.5. The highest BCUT2D eigenvalue weighted by atomic mass is 35.5. The Balaban J connectivity index is 0.658. The number of sulfonamides is 1. The Morgan fingerprint density at radius 3 is 2.08 bits per heavy atom. The number of hydrogen-bond donors (Lipinski definition) is 6. The molecular formula is C80H102ClF3N10O11S4. The van der Waals surface area contributed by atoms with Crippen molar-refractivity contribution in [3.63, 3.8) is 0 Å². The minimum absolute atomic E-state index is 0.00295. The number of halogens is 4. The second-order valence-corrected chi connectivity index (χ2v) is 36.4. The fraction of sp³-hybridized carbons (Fsp3) is 0.500. The third kappa shape index (κ3) is 23.1. The van der Waals surface area contributed by atoms with Crippen LogP contribution < -0.4 is 30.9 Å². The SMILES string of the molecule is Cc1ncsc1-c1ccc([C@H](C)NC(=O)[C@@H]2C[C@@H](O)CN2C(=O)[C@@H](NC(=O)CCCCCCCCC(=O)NC[C@]2(C)CCC(c3ccc(Cl)cc3)=C(CN3CCN(c4ccc(C(=O)NS(=O)(=O)c5ccc(N[C@H](CCN6CCOCC6)CSc6ccccc6)c(S(=O)(=O)C(F)(F)F)c5)cc4)CC3)C2)C(C)(C)C)cc1. The second-order valence-electron chi connectivity index (χ2n) is 30.4. The monoisotopic (exact) mass is 1600 g/mol. The maximum absolute atomic E-state index is 14.4. The van der Waals surface area contributed by atoms with E-state index in [1.165, 1.54) is 39.9 Å². The third-order valence-electron chi connectivity index (χ3n) is 20.9. The molecule has 6 N–H and O–H groups in total. The lowest BCUT2D eigenvalue weighted by atomic mass is 9.71. The van der Waals surface area contributed by atoms with Crippen LogP contribution in [0.1, 0.15) is 151 Å². The molecule has 21 nitrogen and oxygen atoms in total. The van der Waals surface area contributed by atoms with Crippen molar-refractivity contribution in [2.24, 2.45) is 10.8 Å². The molecule has 29 heteroatoms. The summed E-state index contributed by atoms with van der Waals surface area (Å²) in [5, 5.41) is 23.7. The van der Waals surface area contributed by atoms with E-state index in [0.717, 1.165) is 101 Å². The molecule has 0 spiro atoms. The minimum atomic E-state index is -6.11. The number of piperazine rings is 1. The average Bonchev–Trinajstić information content (AvgIpc) is 1.25. The van der Waals surface area contributed by atoms with Crippen LogP contribution in [0.2, 0.25) is 5.02 Å². The van der Waals surface area contributed by atoms with Crippen LogP contribution in [0, 0.1) is 17.8 Å². The van der Waals surface area contributed by atoms with Crippen molar-refractivity contribution < 1.29 is 63.8 Å². The molecule has 3 fully saturated rings. The molecule has 1 aromatic heterocycles. The standard InChI is InChI=1S/C80H102ClF3N10O11S4/c1-54(56-20-22-58(23-21-56)73-55(2)86-53-107-73)87-76(99)69-46-64(95)50-94(69)77(100)74(78(3,4)5)89-72(97)19-15-10-8-7-9-14-18-71(96)85-52-79(6)36-34-67(57-24-28-61(81)29-25-57)60(48-79)49-92-38-40-93(41-39-92)63-30-26-59(27-31-63)75(98)90-109(103,104)66-32-33-68(70(47-66)108(101,102)80(82,83)84)88-62(35-37-91-42-44-105-45-43-91)51-106-65-16-12-11-13-17-65/h11-13,16-17,20-33,47,53-54,62,64,69,74,88,95H,7-10,14-15,18-19,34-46,48-52H2,1-6H3,(H,85,96)(H,87,99)(H,89,97)(H,90,98)/t54-,62+,64+,69-,74+,79+/m0/s1. The number of morpholine rings is 1. The van der Waals surface area contributed by atoms with Gasteiger partial charge >= 0.3 is 5.51 Å². The summed E-state index contributed by atoms with van der Waals surface area (Å²) < 4.78 is 105. The smallest absolute Gasteiger partial charge is 0.391 e. The number of amides is 5. The van der Waals surface area contributed by atoms with E-state index in [-0.39, 0.29) is 54.1 Å². The van der Waals surface area contributed by atoms with Gasteiger partial charge in [-0.2, -0.15) is 13.2 Å². The van der Waals surface area contributed by atoms with Crippen LogP contribution >= 0.6 is 34.7 Å². The zero-order valence-corrected chi connectivity index (χ0v) is 66.8. The van der Waals surface area contributed by atoms with Gasteiger partial charge in [0.25, 0.3) is 25.8 Å². The Morgan fingerprint density at radius 2 is 1.44 bits per heavy atom. The number of carbonyl (C=O) groups excluding carboxylic acids is 5. The van der Waals surface area contributed by atoms with E-state index < -0.39 is 82.3 Å². The fourth-order valence-electron chi connectivity index (χ4n) is 14.5. The molecule has 6 aromatic rings. The van der Waals surface area contributed by atoms with Gasteiger partial charge in [0.1, 0.15) is 17.0 Å². The van der Waals surface area contributed by atoms with Crippen molar-refractivity contribution in [2.45, 2.75) is 175 Å². The van der Waals surface area contributed by atoms with Gasteiger partial charge < -0.3 is 40.9 Å². The number of carbonyl (C=O) groups is 5. The van der Waals surface area contributed by atoms with Crippen molar-refractivity contribution in [1.82, 2.24) is 40.4 Å². The molecule has 0 bridgehead atoms. The molecule has 6 atom stereocenters. The number of nitrogens with one attached hydrogen (secondary N) is 5. The molecule has 0 radical (unpaired) electrons. The zero-order valence-electron chi connectivity index (χ0n) is 62.8. The molecule has 0 saturated carbocycles. The van der Waals surface area contributed by atoms with Crippen molar-refractivity contribution >= 4 is 101 Å². The number of rotatable bonds is 33. The van der Waals surface area contributed by atoms with E-state index in [1.807, 2.05) is 112 Å². The van der Waals surface area contributed by atoms with Gasteiger partial charge in [-0.15, -0.1) is 23.1 Å². The first kappa shape index (κ1) is 84.0. The van der Waals surface area contributed by atoms with Gasteiger partial charge in [0.2, 0.25) is 23.6 Å². The number of sulfone groups is 1. The molecule has 0 unspecified atom stereocenters. The topological polar surface area (TPSA) is 269 Å². The molecule has 590 valence electrons. The molecular weight excluding hydrogens is 1500 g/mol. The highest BCUT2D eigenvalue weighted by Gasteiger charge is 2.49. The molecule has 5 amide bonds. The lowest BCUT2D eigenvalue weighted by molar-refractivity contribution is -0.144. The maximum atomic E-state index is 14.4. The molecule has 4 aliphatic rings. The Kier molecular flexibility index (Phi) is 29.1. The first-order valence-corrected chi connectivity index (χ1v) is 42.7. The van der Waals surface area contributed by atoms with E-state index in [4.69, 9.17) is 16.3 Å². The molecule has 1 aliphatic carbocycles. The number of aryl methyl sites for hydroxylation is 1. The van der Waals surface area contributed by atoms with E-state index in [0.29, 0.717) is 108 Å². The summed E-state index contributed by atoms with van der Waals surface area (Å²) in [6.07, 6.45) is 7.47. The number of likely N-dealkylation sites (tertiary alicyclic amines) is 1. The minimum Gasteiger partial charge on any atom is -0.391 e. The van der Waals surface area contributed by atoms with Gasteiger partial charge in [-0.3, -0.25) is 33.8 Å². The van der Waals surface area contributed by atoms with Crippen LogP contribution in [-0.2, 0) is 43.8 Å². The Bertz CT molecular complexity index is 4370. The number of β-amino-alcohol motifs (C(OH)–C–C–N with tert-alkyl or cyclic N) is 1. The van der Waals surface area contributed by atoms with Gasteiger partial charge in [-0.1, -0.05) is 125 Å². The average molecular weight is 1600 g/mol. The predicted octanol–water partition coefficient (Wildman–Crippen LogP) is 12.9. The Labute approximate surface area is 652 Å². The highest BCUT2D eigenvalue weighted by molar-refractivity contribution is 7.99. The van der Waals surface area contributed by atoms with Crippen LogP contribution in [0.15, 0.2) is 147 Å². The summed E-state index contributed by atoms with van der Waals surface area (Å²) in [7, 11) is -11.0. The van der Waals surface area contributed by atoms with Crippen LogP contribution in [0.4, 0.5) is 24.5 Å². The van der Waals surface area contributed by atoms with Gasteiger partial charge in [-0.25, -0.2) is 26.5 Å². The largest absolute Gasteiger partial charge is 0.501 e. The predicted molar refractivity (Wildman–Crippen MR) is 423 cm³/mol. The molecule has 3 saturated heterocycles. The van der Waals surface area contributed by atoms with Crippen LogP contribution in [0.25, 0.3) is 16.0 Å². The van der Waals surface area contributed by atoms with Crippen LogP contribution in [0.5, 0.6) is 0 Å². The number of aromatic nitrogens is 1. The number of thioether (sulfide) groups is 1. The number of nitrogens with zero attached hydrogens (tertiary/aromatic N) is 5. The zero-order chi connectivity index (χ0) is 78.3. The summed E-state index contributed by atoms with van der Waals surface area (Å²) in [6, 6.07) is 31.1. The number of unbranched alkanes of at least 4 members (excludes halogenated alkanes) is 5. The van der Waals surface area contributed by atoms with Crippen molar-refractivity contribution in [1.29, 1.82) is 0 Å². The highest BCUT2D eigenvalue weighted by Crippen LogP contribution is 2.44. The van der Waals surface area contributed by atoms with Crippen LogP contribution in [-0.4, -0.2) is 185 Å². The van der Waals surface area contributed by atoms with Crippen molar-refractivity contribution in [3.05, 3.63) is 160 Å². The number of hydrogen-bond acceptors (Lipinski definition) is 18. The molecule has 10 rings (SSSR count). The number of aliphatic hydroxyl groups excluding tert-OH is 1.